The first-order valence-corrected chi connectivity index (χ1v) is 10.5. The van der Waals surface area contributed by atoms with Gasteiger partial charge in [0.25, 0.3) is 5.91 Å². The van der Waals surface area contributed by atoms with Crippen LogP contribution in [0, 0.1) is 0 Å². The number of nitrogens with one attached hydrogen (secondary N) is 1. The molecule has 2 rings (SSSR count). The summed E-state index contributed by atoms with van der Waals surface area (Å²) in [7, 11) is -3.64. The summed E-state index contributed by atoms with van der Waals surface area (Å²) in [5.74, 6) is -0.520. The van der Waals surface area contributed by atoms with Crippen LogP contribution in [0.1, 0.15) is 19.4 Å². The smallest absolute Gasteiger partial charge is 0.263 e. The number of hydrazone groups is 1. The fourth-order valence-electron chi connectivity index (χ4n) is 2.39. The van der Waals surface area contributed by atoms with E-state index in [0.29, 0.717) is 11.4 Å². The minimum atomic E-state index is -3.64. The number of halogens is 1. The molecule has 2 aromatic carbocycles. The van der Waals surface area contributed by atoms with Crippen LogP contribution in [0.4, 0.5) is 5.69 Å². The zero-order valence-electron chi connectivity index (χ0n) is 14.7. The van der Waals surface area contributed by atoms with Gasteiger partial charge in [-0.15, -0.1) is 0 Å². The third-order valence-corrected chi connectivity index (χ3v) is 5.41. The quantitative estimate of drug-likeness (QED) is 0.556. The number of para-hydroxylation sites is 1. The van der Waals surface area contributed by atoms with Crippen molar-refractivity contribution in [2.24, 2.45) is 5.10 Å². The van der Waals surface area contributed by atoms with Crippen molar-refractivity contribution in [2.75, 3.05) is 10.6 Å². The van der Waals surface area contributed by atoms with Crippen LogP contribution >= 0.6 is 15.9 Å². The van der Waals surface area contributed by atoms with Crippen LogP contribution in [0.5, 0.6) is 0 Å². The molecule has 1 N–H and O–H groups in total. The van der Waals surface area contributed by atoms with E-state index >= 15 is 0 Å². The monoisotopic (exact) mass is 437 g/mol. The Morgan fingerprint density at radius 3 is 2.38 bits per heavy atom. The Labute approximate surface area is 162 Å². The van der Waals surface area contributed by atoms with Crippen LogP contribution in [0.3, 0.4) is 0 Å². The van der Waals surface area contributed by atoms with E-state index in [9.17, 15) is 13.2 Å². The van der Waals surface area contributed by atoms with E-state index in [4.69, 9.17) is 0 Å². The third-order valence-electron chi connectivity index (χ3n) is 3.68. The second-order valence-electron chi connectivity index (χ2n) is 5.75. The molecule has 0 bridgehead atoms. The van der Waals surface area contributed by atoms with Gasteiger partial charge in [-0.05, 0) is 43.7 Å². The van der Waals surface area contributed by atoms with E-state index in [1.54, 1.807) is 37.3 Å². The van der Waals surface area contributed by atoms with Gasteiger partial charge in [-0.2, -0.15) is 5.10 Å². The van der Waals surface area contributed by atoms with E-state index in [1.165, 1.54) is 6.92 Å². The van der Waals surface area contributed by atoms with Gasteiger partial charge in [-0.3, -0.25) is 9.10 Å². The Kier molecular flexibility index (Phi) is 6.55. The lowest BCUT2D eigenvalue weighted by Gasteiger charge is -2.27. The lowest BCUT2D eigenvalue weighted by Crippen LogP contribution is -2.46. The average molecular weight is 438 g/mol. The molecule has 0 aliphatic heterocycles. The Morgan fingerprint density at radius 1 is 1.15 bits per heavy atom. The van der Waals surface area contributed by atoms with Crippen LogP contribution in [0.25, 0.3) is 0 Å². The first-order chi connectivity index (χ1) is 12.2. The van der Waals surface area contributed by atoms with Crippen LogP contribution in [-0.4, -0.2) is 32.3 Å². The zero-order chi connectivity index (χ0) is 19.3. The molecule has 0 aliphatic rings. The van der Waals surface area contributed by atoms with Crippen molar-refractivity contribution in [1.82, 2.24) is 5.43 Å². The van der Waals surface area contributed by atoms with Crippen molar-refractivity contribution in [2.45, 2.75) is 19.9 Å². The van der Waals surface area contributed by atoms with Gasteiger partial charge in [0, 0.05) is 4.47 Å². The van der Waals surface area contributed by atoms with Crippen LogP contribution in [0.2, 0.25) is 0 Å². The summed E-state index contributed by atoms with van der Waals surface area (Å²) in [4.78, 5) is 12.5. The van der Waals surface area contributed by atoms with Crippen LogP contribution < -0.4 is 9.73 Å². The summed E-state index contributed by atoms with van der Waals surface area (Å²) in [6, 6.07) is 15.0. The van der Waals surface area contributed by atoms with Crippen LogP contribution in [-0.2, 0) is 14.8 Å². The predicted octanol–water partition coefficient (Wildman–Crippen LogP) is 3.14. The minimum absolute atomic E-state index is 0.422. The molecule has 0 unspecified atom stereocenters. The standard InChI is InChI=1S/C18H20BrN3O3S/c1-13(15-8-7-9-16(19)12-15)20-21-18(23)14(2)22(26(3,24)25)17-10-5-4-6-11-17/h4-12,14H,1-3H3,(H,21,23)/b20-13-/t14-/m1/s1. The molecular formula is C18H20BrN3O3S. The minimum Gasteiger partial charge on any atom is -0.271 e. The van der Waals surface area contributed by atoms with Crippen molar-refractivity contribution in [3.8, 4) is 0 Å². The normalized spacial score (nSPS) is 13.2. The van der Waals surface area contributed by atoms with Gasteiger partial charge >= 0.3 is 0 Å². The van der Waals surface area contributed by atoms with E-state index in [2.05, 4.69) is 26.5 Å². The maximum absolute atomic E-state index is 12.5. The molecule has 0 aromatic heterocycles. The Balaban J connectivity index is 2.20. The summed E-state index contributed by atoms with van der Waals surface area (Å²) in [6.07, 6.45) is 1.07. The number of hydrogen-bond acceptors (Lipinski definition) is 4. The second kappa shape index (κ2) is 8.46. The fourth-order valence-corrected chi connectivity index (χ4v) is 3.97. The molecule has 0 saturated heterocycles. The molecule has 0 heterocycles. The number of carbonyl (C=O) groups excluding carboxylic acids is 1. The lowest BCUT2D eigenvalue weighted by molar-refractivity contribution is -0.121. The zero-order valence-corrected chi connectivity index (χ0v) is 17.1. The first kappa shape index (κ1) is 20.1. The van der Waals surface area contributed by atoms with Gasteiger partial charge in [-0.25, -0.2) is 13.8 Å². The second-order valence-corrected chi connectivity index (χ2v) is 8.53. The molecule has 26 heavy (non-hydrogen) atoms. The van der Waals surface area contributed by atoms with Crippen molar-refractivity contribution >= 4 is 43.3 Å². The largest absolute Gasteiger partial charge is 0.271 e. The number of hydrogen-bond donors (Lipinski definition) is 1. The lowest BCUT2D eigenvalue weighted by atomic mass is 10.1. The van der Waals surface area contributed by atoms with Gasteiger partial charge in [0.05, 0.1) is 17.7 Å². The molecule has 1 amide bonds. The van der Waals surface area contributed by atoms with Crippen molar-refractivity contribution < 1.29 is 13.2 Å². The topological polar surface area (TPSA) is 78.8 Å². The SMILES string of the molecule is C/C(=N/NC(=O)[C@@H](C)N(c1ccccc1)S(C)(=O)=O)c1cccc(Br)c1. The summed E-state index contributed by atoms with van der Waals surface area (Å²) in [6.45, 7) is 3.28. The Morgan fingerprint density at radius 2 is 1.81 bits per heavy atom. The number of rotatable bonds is 6. The van der Waals surface area contributed by atoms with E-state index in [0.717, 1.165) is 20.6 Å². The van der Waals surface area contributed by atoms with E-state index in [-0.39, 0.29) is 0 Å². The highest BCUT2D eigenvalue weighted by molar-refractivity contribution is 9.10. The molecule has 6 nitrogen and oxygen atoms in total. The number of anilines is 1. The van der Waals surface area contributed by atoms with Crippen molar-refractivity contribution in [1.29, 1.82) is 0 Å². The highest BCUT2D eigenvalue weighted by atomic mass is 79.9. The average Bonchev–Trinajstić information content (AvgIpc) is 2.59. The first-order valence-electron chi connectivity index (χ1n) is 7.84. The number of benzene rings is 2. The molecular weight excluding hydrogens is 418 g/mol. The van der Waals surface area contributed by atoms with Gasteiger partial charge in [0.15, 0.2) is 0 Å². The van der Waals surface area contributed by atoms with E-state index in [1.807, 2.05) is 24.3 Å². The molecule has 0 saturated carbocycles. The number of nitrogens with zero attached hydrogens (tertiary/aromatic N) is 2. The Bertz CT molecular complexity index is 914. The number of carbonyl (C=O) groups is 1. The molecule has 8 heteroatoms. The van der Waals surface area contributed by atoms with E-state index < -0.39 is 22.0 Å². The number of sulfonamides is 1. The molecule has 0 radical (unpaired) electrons. The third kappa shape index (κ3) is 5.15. The molecule has 138 valence electrons. The number of amides is 1. The Hall–Kier alpha value is -2.19. The maximum atomic E-state index is 12.5. The molecule has 0 spiro atoms. The van der Waals surface area contributed by atoms with Crippen molar-refractivity contribution in [3.63, 3.8) is 0 Å². The van der Waals surface area contributed by atoms with Gasteiger partial charge in [0.1, 0.15) is 6.04 Å². The van der Waals surface area contributed by atoms with Crippen molar-refractivity contribution in [3.05, 3.63) is 64.6 Å². The molecule has 0 fully saturated rings. The predicted molar refractivity (Wildman–Crippen MR) is 108 cm³/mol. The maximum Gasteiger partial charge on any atom is 0.263 e. The molecule has 1 atom stereocenters. The van der Waals surface area contributed by atoms with Gasteiger partial charge in [0.2, 0.25) is 10.0 Å². The summed E-state index contributed by atoms with van der Waals surface area (Å²) >= 11 is 3.38. The summed E-state index contributed by atoms with van der Waals surface area (Å²) in [5, 5.41) is 4.09. The summed E-state index contributed by atoms with van der Waals surface area (Å²) in [5.41, 5.74) is 4.32. The highest BCUT2D eigenvalue weighted by Gasteiger charge is 2.28. The molecule has 2 aromatic rings. The highest BCUT2D eigenvalue weighted by Crippen LogP contribution is 2.20. The molecule has 0 aliphatic carbocycles. The fraction of sp³-hybridized carbons (Fsp3) is 0.222. The van der Waals surface area contributed by atoms with Gasteiger partial charge < -0.3 is 0 Å². The summed E-state index contributed by atoms with van der Waals surface area (Å²) < 4.78 is 26.3. The van der Waals surface area contributed by atoms with Crippen LogP contribution in [0.15, 0.2) is 64.2 Å². The van der Waals surface area contributed by atoms with Gasteiger partial charge in [-0.1, -0.05) is 46.3 Å².